The maximum absolute atomic E-state index is 7.14. The second-order valence-electron chi connectivity index (χ2n) is 52.7. The molecule has 0 radical (unpaired) electrons. The average Bonchev–Trinajstić information content (AvgIpc) is 1.43. The molecule has 0 saturated heterocycles. The first-order valence-electron chi connectivity index (χ1n) is 53.8. The van der Waals surface area contributed by atoms with Crippen LogP contribution in [0.1, 0.15) is 301 Å². The van der Waals surface area contributed by atoms with Crippen molar-refractivity contribution >= 4 is 178 Å². The van der Waals surface area contributed by atoms with Crippen molar-refractivity contribution in [2.24, 2.45) is 0 Å². The third kappa shape index (κ3) is 14.3. The van der Waals surface area contributed by atoms with Crippen LogP contribution in [0.4, 0.5) is 68.2 Å². The van der Waals surface area contributed by atoms with E-state index in [1.165, 1.54) is 232 Å². The van der Waals surface area contributed by atoms with Crippen molar-refractivity contribution in [2.75, 3.05) is 19.6 Å². The summed E-state index contributed by atoms with van der Waals surface area (Å²) in [5, 5.41) is 5.04. The molecule has 4 aliphatic heterocycles. The summed E-state index contributed by atoms with van der Waals surface area (Å²) in [5.41, 5.74) is 48.5. The number of nitrogens with zero attached hydrogens (tertiary/aromatic N) is 4. The van der Waals surface area contributed by atoms with Crippen molar-refractivity contribution < 1.29 is 4.42 Å². The largest absolute Gasteiger partial charge is 0.456 e. The number of benzene rings is 14. The van der Waals surface area contributed by atoms with Crippen LogP contribution < -0.4 is 51.0 Å². The van der Waals surface area contributed by atoms with Gasteiger partial charge in [-0.15, -0.1) is 22.7 Å². The topological polar surface area (TPSA) is 26.1 Å². The second-order valence-corrected chi connectivity index (χ2v) is 54.8. The summed E-state index contributed by atoms with van der Waals surface area (Å²) in [5.74, 6) is 0. The first-order valence-corrected chi connectivity index (χ1v) is 55.4. The summed E-state index contributed by atoms with van der Waals surface area (Å²) >= 11 is 4.12. The van der Waals surface area contributed by atoms with Gasteiger partial charge < -0.3 is 24.0 Å². The number of para-hydroxylation sites is 1. The molecule has 1 atom stereocenters. The van der Waals surface area contributed by atoms with Gasteiger partial charge >= 0.3 is 0 Å². The SMILES string of the molecule is Cc1ccc(-c2ccc3c(c2)N(c2ccc(C(C)(C)C)cc2-c2ccccc2)c2cc(C(C)(C)C)cc4c2B3c2sc3cc5c(cc3c2N4c2ccc3c(c2)C(C)(C)CCC3(C)CCC(C)(C)c2ccc(N3c4cc6oc7ccccc7c6cc4B4c6sc7cc8c(cc7c6N(c6ccc7c(c6)C(C)(C)CCC7(C)C)c6cc(C)cc3c64)C(C)(C)CCC8(C)C)c(-c3ccccc3)c2)C(C)(C)CCC5(C)C)c(C)c1. The molecule has 144 heavy (non-hydrogen) atoms. The molecule has 17 aromatic rings. The van der Waals surface area contributed by atoms with E-state index in [2.05, 4.69) is 477 Å². The van der Waals surface area contributed by atoms with Gasteiger partial charge in [0.1, 0.15) is 11.2 Å². The molecule has 0 fully saturated rings. The molecule has 0 saturated carbocycles. The fraction of sp³-hybridized carbons (Fsp3) is 0.348. The number of hydrogen-bond acceptors (Lipinski definition) is 7. The fourth-order valence-corrected chi connectivity index (χ4v) is 30.3. The molecule has 14 aromatic carbocycles. The Morgan fingerprint density at radius 2 is 0.743 bits per heavy atom. The van der Waals surface area contributed by atoms with Crippen LogP contribution in [0.3, 0.4) is 0 Å². The number of rotatable bonds is 11. The van der Waals surface area contributed by atoms with E-state index in [0.29, 0.717) is 0 Å². The van der Waals surface area contributed by atoms with E-state index >= 15 is 0 Å². The van der Waals surface area contributed by atoms with Gasteiger partial charge in [-0.3, -0.25) is 0 Å². The highest BCUT2D eigenvalue weighted by Crippen LogP contribution is 2.62. The van der Waals surface area contributed by atoms with Gasteiger partial charge in [-0.2, -0.15) is 0 Å². The Bertz CT molecular complexity index is 8330. The molecule has 0 spiro atoms. The molecule has 3 aromatic heterocycles. The van der Waals surface area contributed by atoms with Gasteiger partial charge in [0, 0.05) is 103 Å². The Labute approximate surface area is 865 Å². The molecular formula is C135H140B2N4OS2. The minimum atomic E-state index is -0.253. The highest BCUT2D eigenvalue weighted by molar-refractivity contribution is 7.34. The third-order valence-corrected chi connectivity index (χ3v) is 39.5. The maximum Gasteiger partial charge on any atom is 0.264 e. The van der Waals surface area contributed by atoms with Crippen LogP contribution in [0.5, 0.6) is 0 Å². The van der Waals surface area contributed by atoms with Gasteiger partial charge in [0.05, 0.1) is 22.7 Å². The van der Waals surface area contributed by atoms with Crippen LogP contribution in [0, 0.1) is 20.8 Å². The van der Waals surface area contributed by atoms with Gasteiger partial charge in [-0.05, 0) is 370 Å². The highest BCUT2D eigenvalue weighted by atomic mass is 32.1. The predicted octanol–water partition coefficient (Wildman–Crippen LogP) is 34.8. The molecule has 0 bridgehead atoms. The Morgan fingerprint density at radius 3 is 1.28 bits per heavy atom. The highest BCUT2D eigenvalue weighted by Gasteiger charge is 2.53. The summed E-state index contributed by atoms with van der Waals surface area (Å²) < 4.78 is 12.7. The first-order chi connectivity index (χ1) is 68.1. The summed E-state index contributed by atoms with van der Waals surface area (Å²) in [4.78, 5) is 11.0. The number of aryl methyl sites for hydroxylation is 3. The molecule has 0 N–H and O–H groups in total. The smallest absolute Gasteiger partial charge is 0.264 e. The van der Waals surface area contributed by atoms with E-state index in [1.54, 1.807) is 0 Å². The lowest BCUT2D eigenvalue weighted by molar-refractivity contribution is 0.272. The predicted molar refractivity (Wildman–Crippen MR) is 625 cm³/mol. The van der Waals surface area contributed by atoms with Crippen LogP contribution in [-0.2, 0) is 59.6 Å². The minimum absolute atomic E-state index is 0.00189. The van der Waals surface area contributed by atoms with Crippen LogP contribution >= 0.6 is 22.7 Å². The second kappa shape index (κ2) is 31.6. The van der Waals surface area contributed by atoms with E-state index in [1.807, 2.05) is 0 Å². The van der Waals surface area contributed by atoms with Gasteiger partial charge in [0.25, 0.3) is 13.4 Å². The summed E-state index contributed by atoms with van der Waals surface area (Å²) in [6, 6.07) is 103. The van der Waals surface area contributed by atoms with Crippen LogP contribution in [0.25, 0.3) is 75.5 Å². The van der Waals surface area contributed by atoms with E-state index in [-0.39, 0.29) is 73.0 Å². The lowest BCUT2D eigenvalue weighted by Gasteiger charge is -2.47. The summed E-state index contributed by atoms with van der Waals surface area (Å²) in [7, 11) is 0. The van der Waals surface area contributed by atoms with Crippen molar-refractivity contribution in [3.8, 4) is 33.4 Å². The molecule has 1 unspecified atom stereocenters. The van der Waals surface area contributed by atoms with Crippen LogP contribution in [-0.4, -0.2) is 13.4 Å². The molecule has 0 amide bonds. The quantitative estimate of drug-likeness (QED) is 0.120. The molecule has 9 heteroatoms. The van der Waals surface area contributed by atoms with Gasteiger partial charge in [-0.1, -0.05) is 304 Å². The number of thiophene rings is 2. The van der Waals surface area contributed by atoms with Gasteiger partial charge in [0.15, 0.2) is 0 Å². The van der Waals surface area contributed by atoms with Gasteiger partial charge in [-0.25, -0.2) is 0 Å². The summed E-state index contributed by atoms with van der Waals surface area (Å²) in [6.07, 6.45) is 11.1. The van der Waals surface area contributed by atoms with Crippen LogP contribution in [0.2, 0.25) is 0 Å². The zero-order chi connectivity index (χ0) is 100. The van der Waals surface area contributed by atoms with Crippen molar-refractivity contribution in [1.82, 2.24) is 0 Å². The van der Waals surface area contributed by atoms with Crippen molar-refractivity contribution in [1.29, 1.82) is 0 Å². The molecule has 5 nitrogen and oxygen atoms in total. The molecule has 25 rings (SSSR count). The molecule has 4 aliphatic carbocycles. The van der Waals surface area contributed by atoms with Crippen molar-refractivity contribution in [3.63, 3.8) is 0 Å². The molecule has 7 heterocycles. The molecular weight excluding hydrogens is 1780 g/mol. The van der Waals surface area contributed by atoms with Gasteiger partial charge in [0.2, 0.25) is 0 Å². The standard InChI is InChI=1S/C135H140B2N4OS2/c1-79-41-47-90(81(3)63-79)84-42-50-105-109(66-84)140(107-51-43-85(125(4,5)6)67-92(107)82-35-29-27-30-36-82)114-70-87(126(7,8)9)69-113-120(114)136(105)123-121(95-73-101-103(76-117(95)143-123)132(20,21)57-55-130(101,16)17)139(113)89-46-49-98-100(72-89)134(24,25)60-62-135(98,26)61-59-127(10,11)86-44-52-108(93(68-86)83-37-31-28-32-38-83)141-110-78-116-94(91-39-33-34-40-115(91)142-116)75-106(110)137-119-111(64-80(2)65-112(119)141)138(88-45-48-97-99(71-88)129(14,15)54-53-128(97,12)13)122-96-74-102-104(77-118(96)144-124(122)137)133(22,23)58-56-131(102,18)19/h27-52,63-78H,53-62H2,1-26H3. The Morgan fingerprint density at radius 1 is 0.299 bits per heavy atom. The summed E-state index contributed by atoms with van der Waals surface area (Å²) in [6.45, 7) is 64.0. The normalized spacial score (nSPS) is 18.8. The monoisotopic (exact) mass is 1920 g/mol. The zero-order valence-corrected chi connectivity index (χ0v) is 91.6. The number of furan rings is 1. The zero-order valence-electron chi connectivity index (χ0n) is 90.0. The van der Waals surface area contributed by atoms with E-state index in [9.17, 15) is 0 Å². The van der Waals surface area contributed by atoms with E-state index in [0.717, 1.165) is 85.4 Å². The Kier molecular flexibility index (Phi) is 20.4. The Hall–Kier alpha value is -11.9. The van der Waals surface area contributed by atoms with Crippen molar-refractivity contribution in [2.45, 2.75) is 304 Å². The van der Waals surface area contributed by atoms with Crippen LogP contribution in [0.15, 0.2) is 259 Å². The maximum atomic E-state index is 7.14. The van der Waals surface area contributed by atoms with E-state index < -0.39 is 0 Å². The number of fused-ring (bicyclic) bond motifs is 19. The third-order valence-electron chi connectivity index (χ3n) is 37.1. The minimum Gasteiger partial charge on any atom is -0.456 e. The molecule has 8 aliphatic rings. The molecule has 724 valence electrons. The average molecular weight is 1920 g/mol. The lowest BCUT2D eigenvalue weighted by Crippen LogP contribution is -2.60. The fourth-order valence-electron chi connectivity index (χ4n) is 27.6. The van der Waals surface area contributed by atoms with E-state index in [4.69, 9.17) is 4.42 Å². The number of hydrogen-bond donors (Lipinski definition) is 0. The number of anilines is 12. The Balaban J connectivity index is 0.645. The van der Waals surface area contributed by atoms with Crippen molar-refractivity contribution in [3.05, 3.63) is 333 Å². The lowest BCUT2D eigenvalue weighted by atomic mass is 9.36. The first kappa shape index (κ1) is 93.2.